The molecule has 8 nitrogen and oxygen atoms in total. The summed E-state index contributed by atoms with van der Waals surface area (Å²) in [6, 6.07) is 7.78. The number of anilines is 1. The fourth-order valence-electron chi connectivity index (χ4n) is 3.37. The zero-order valence-electron chi connectivity index (χ0n) is 15.2. The number of carbonyl (C=O) groups excluding carboxylic acids is 1. The molecule has 0 saturated carbocycles. The van der Waals surface area contributed by atoms with Crippen molar-refractivity contribution in [1.82, 2.24) is 9.97 Å². The number of carbonyl (C=O) groups is 1. The molecule has 2 saturated heterocycles. The number of methoxy groups -OCH3 is 1. The van der Waals surface area contributed by atoms with Gasteiger partial charge in [-0.25, -0.2) is 19.2 Å². The number of rotatable bonds is 6. The van der Waals surface area contributed by atoms with Crippen LogP contribution in [0.15, 0.2) is 36.5 Å². The molecule has 2 aromatic rings. The topological polar surface area (TPSA) is 91.8 Å². The molecule has 2 fully saturated rings. The standard InChI is InChI=1S/C19H20FN3O5/c1-25-16(24)10-26-15-9-28-17-14(8-27-18(15)17)23-19-21-6-5-13(22-19)11-3-2-4-12(20)7-11/h2-7,14-15,17-18H,8-10H2,1H3,(H,21,22,23)/t14-,15+,17+,18+/m0/s1. The van der Waals surface area contributed by atoms with Crippen LogP contribution in [0.25, 0.3) is 11.3 Å². The van der Waals surface area contributed by atoms with Gasteiger partial charge < -0.3 is 24.3 Å². The van der Waals surface area contributed by atoms with E-state index in [0.717, 1.165) is 0 Å². The van der Waals surface area contributed by atoms with Crippen molar-refractivity contribution in [3.8, 4) is 11.3 Å². The van der Waals surface area contributed by atoms with Gasteiger partial charge in [0.1, 0.15) is 30.7 Å². The van der Waals surface area contributed by atoms with Crippen LogP contribution in [0, 0.1) is 5.82 Å². The van der Waals surface area contributed by atoms with Gasteiger partial charge in [0.15, 0.2) is 0 Å². The van der Waals surface area contributed by atoms with Gasteiger partial charge in [-0.05, 0) is 18.2 Å². The lowest BCUT2D eigenvalue weighted by Crippen LogP contribution is -2.37. The third kappa shape index (κ3) is 3.96. The first-order valence-corrected chi connectivity index (χ1v) is 8.91. The van der Waals surface area contributed by atoms with Crippen LogP contribution in [0.5, 0.6) is 0 Å². The van der Waals surface area contributed by atoms with E-state index in [9.17, 15) is 9.18 Å². The van der Waals surface area contributed by atoms with Crippen molar-refractivity contribution in [1.29, 1.82) is 0 Å². The van der Waals surface area contributed by atoms with E-state index in [2.05, 4.69) is 20.0 Å². The smallest absolute Gasteiger partial charge is 0.331 e. The third-order valence-corrected chi connectivity index (χ3v) is 4.74. The summed E-state index contributed by atoms with van der Waals surface area (Å²) < 4.78 is 35.2. The van der Waals surface area contributed by atoms with Gasteiger partial charge in [-0.15, -0.1) is 0 Å². The summed E-state index contributed by atoms with van der Waals surface area (Å²) in [5.41, 5.74) is 1.28. The van der Waals surface area contributed by atoms with Crippen LogP contribution in [-0.4, -0.2) is 67.2 Å². The number of benzene rings is 1. The maximum absolute atomic E-state index is 13.5. The van der Waals surface area contributed by atoms with E-state index >= 15 is 0 Å². The Morgan fingerprint density at radius 1 is 1.29 bits per heavy atom. The quantitative estimate of drug-likeness (QED) is 0.742. The molecule has 0 amide bonds. The molecular formula is C19H20FN3O5. The van der Waals surface area contributed by atoms with Crippen molar-refractivity contribution in [2.75, 3.05) is 32.2 Å². The second-order valence-electron chi connectivity index (χ2n) is 6.55. The molecule has 3 heterocycles. The van der Waals surface area contributed by atoms with Gasteiger partial charge in [0, 0.05) is 11.8 Å². The van der Waals surface area contributed by atoms with Crippen molar-refractivity contribution in [3.05, 3.63) is 42.3 Å². The van der Waals surface area contributed by atoms with Gasteiger partial charge in [0.05, 0.1) is 32.1 Å². The second-order valence-corrected chi connectivity index (χ2v) is 6.55. The second kappa shape index (κ2) is 8.17. The van der Waals surface area contributed by atoms with E-state index in [0.29, 0.717) is 30.4 Å². The van der Waals surface area contributed by atoms with Crippen LogP contribution >= 0.6 is 0 Å². The molecule has 1 aromatic heterocycles. The third-order valence-electron chi connectivity index (χ3n) is 4.74. The number of nitrogens with one attached hydrogen (secondary N) is 1. The molecule has 1 aromatic carbocycles. The zero-order chi connectivity index (χ0) is 19.5. The highest BCUT2D eigenvalue weighted by Crippen LogP contribution is 2.30. The summed E-state index contributed by atoms with van der Waals surface area (Å²) >= 11 is 0. The number of hydrogen-bond donors (Lipinski definition) is 1. The molecule has 0 radical (unpaired) electrons. The van der Waals surface area contributed by atoms with Gasteiger partial charge in [0.2, 0.25) is 5.95 Å². The SMILES string of the molecule is COC(=O)CO[C@@H]1CO[C@H]2[C@@H]1OC[C@@H]2Nc1nccc(-c2cccc(F)c2)n1. The summed E-state index contributed by atoms with van der Waals surface area (Å²) in [6.07, 6.45) is 0.744. The predicted octanol–water partition coefficient (Wildman–Crippen LogP) is 1.42. The minimum Gasteiger partial charge on any atom is -0.467 e. The molecule has 0 aliphatic carbocycles. The predicted molar refractivity (Wildman–Crippen MR) is 96.1 cm³/mol. The number of ether oxygens (including phenoxy) is 4. The average Bonchev–Trinajstić information content (AvgIpc) is 3.29. The molecule has 4 rings (SSSR count). The number of esters is 1. The summed E-state index contributed by atoms with van der Waals surface area (Å²) in [5.74, 6) is -0.368. The highest BCUT2D eigenvalue weighted by atomic mass is 19.1. The highest BCUT2D eigenvalue weighted by molar-refractivity contribution is 5.70. The number of fused-ring (bicyclic) bond motifs is 1. The fourth-order valence-corrected chi connectivity index (χ4v) is 3.37. The first-order valence-electron chi connectivity index (χ1n) is 8.91. The molecule has 0 bridgehead atoms. The summed E-state index contributed by atoms with van der Waals surface area (Å²) in [6.45, 7) is 0.573. The lowest BCUT2D eigenvalue weighted by atomic mass is 10.1. The molecule has 1 N–H and O–H groups in total. The Morgan fingerprint density at radius 2 is 2.14 bits per heavy atom. The fraction of sp³-hybridized carbons (Fsp3) is 0.421. The molecule has 148 valence electrons. The van der Waals surface area contributed by atoms with E-state index in [-0.39, 0.29) is 36.8 Å². The Morgan fingerprint density at radius 3 is 2.96 bits per heavy atom. The minimum atomic E-state index is -0.446. The number of aromatic nitrogens is 2. The molecule has 0 spiro atoms. The van der Waals surface area contributed by atoms with Crippen LogP contribution in [-0.2, 0) is 23.7 Å². The van der Waals surface area contributed by atoms with Gasteiger partial charge in [-0.3, -0.25) is 0 Å². The lowest BCUT2D eigenvalue weighted by molar-refractivity contribution is -0.149. The van der Waals surface area contributed by atoms with Gasteiger partial charge in [-0.2, -0.15) is 0 Å². The van der Waals surface area contributed by atoms with Crippen LogP contribution in [0.3, 0.4) is 0 Å². The average molecular weight is 389 g/mol. The largest absolute Gasteiger partial charge is 0.467 e. The lowest BCUT2D eigenvalue weighted by Gasteiger charge is -2.18. The van der Waals surface area contributed by atoms with Crippen LogP contribution in [0.4, 0.5) is 10.3 Å². The monoisotopic (exact) mass is 389 g/mol. The van der Waals surface area contributed by atoms with Crippen molar-refractivity contribution in [3.63, 3.8) is 0 Å². The van der Waals surface area contributed by atoms with Crippen LogP contribution < -0.4 is 5.32 Å². The van der Waals surface area contributed by atoms with Crippen LogP contribution in [0.1, 0.15) is 0 Å². The summed E-state index contributed by atoms with van der Waals surface area (Å²) in [4.78, 5) is 19.9. The number of nitrogens with zero attached hydrogens (tertiary/aromatic N) is 2. The van der Waals surface area contributed by atoms with E-state index in [1.807, 2.05) is 0 Å². The Hall–Kier alpha value is -2.62. The van der Waals surface area contributed by atoms with E-state index < -0.39 is 5.97 Å². The molecule has 0 unspecified atom stereocenters. The van der Waals surface area contributed by atoms with Gasteiger partial charge in [-0.1, -0.05) is 12.1 Å². The highest BCUT2D eigenvalue weighted by Gasteiger charge is 2.48. The maximum atomic E-state index is 13.5. The molecule has 9 heteroatoms. The molecule has 2 aliphatic rings. The van der Waals surface area contributed by atoms with E-state index in [1.165, 1.54) is 19.2 Å². The molecule has 4 atom stereocenters. The first-order chi connectivity index (χ1) is 13.6. The molecular weight excluding hydrogens is 369 g/mol. The van der Waals surface area contributed by atoms with E-state index in [4.69, 9.17) is 14.2 Å². The Labute approximate surface area is 161 Å². The summed E-state index contributed by atoms with van der Waals surface area (Å²) in [5, 5.41) is 3.22. The van der Waals surface area contributed by atoms with Gasteiger partial charge >= 0.3 is 5.97 Å². The zero-order valence-corrected chi connectivity index (χ0v) is 15.2. The Balaban J connectivity index is 1.41. The Bertz CT molecular complexity index is 852. The van der Waals surface area contributed by atoms with E-state index in [1.54, 1.807) is 24.4 Å². The minimum absolute atomic E-state index is 0.145. The Kier molecular flexibility index (Phi) is 5.47. The van der Waals surface area contributed by atoms with Crippen molar-refractivity contribution in [2.45, 2.75) is 24.4 Å². The first kappa shape index (κ1) is 18.7. The normalized spacial score (nSPS) is 26.1. The molecule has 2 aliphatic heterocycles. The number of halogens is 1. The van der Waals surface area contributed by atoms with Gasteiger partial charge in [0.25, 0.3) is 0 Å². The van der Waals surface area contributed by atoms with Crippen molar-refractivity contribution in [2.24, 2.45) is 0 Å². The summed E-state index contributed by atoms with van der Waals surface area (Å²) in [7, 11) is 1.31. The van der Waals surface area contributed by atoms with Crippen LogP contribution in [0.2, 0.25) is 0 Å². The van der Waals surface area contributed by atoms with Crippen molar-refractivity contribution < 1.29 is 28.1 Å². The molecule has 28 heavy (non-hydrogen) atoms. The van der Waals surface area contributed by atoms with Crippen molar-refractivity contribution >= 4 is 11.9 Å². The maximum Gasteiger partial charge on any atom is 0.331 e. The number of hydrogen-bond acceptors (Lipinski definition) is 8.